The summed E-state index contributed by atoms with van der Waals surface area (Å²) in [6.07, 6.45) is 9.66. The molecule has 0 spiro atoms. The van der Waals surface area contributed by atoms with Crippen LogP contribution >= 0.6 is 0 Å². The Morgan fingerprint density at radius 2 is 1.72 bits per heavy atom. The molecular formula is C35H50N2O6. The molecule has 43 heavy (non-hydrogen) atoms. The largest absolute Gasteiger partial charge is 0.504 e. The summed E-state index contributed by atoms with van der Waals surface area (Å²) < 4.78 is 6.34. The summed E-state index contributed by atoms with van der Waals surface area (Å²) in [4.78, 5) is 43.6. The predicted molar refractivity (Wildman–Crippen MR) is 162 cm³/mol. The van der Waals surface area contributed by atoms with Gasteiger partial charge in [0.05, 0.1) is 6.42 Å². The molecular weight excluding hydrogens is 544 g/mol. The fourth-order valence-electron chi connectivity index (χ4n) is 9.62. The molecule has 1 aromatic rings. The number of phenols is 2. The van der Waals surface area contributed by atoms with Gasteiger partial charge in [-0.25, -0.2) is 4.79 Å². The zero-order valence-corrected chi connectivity index (χ0v) is 26.6. The molecule has 7 atom stereocenters. The van der Waals surface area contributed by atoms with Crippen molar-refractivity contribution in [1.29, 1.82) is 0 Å². The van der Waals surface area contributed by atoms with Crippen LogP contribution < -0.4 is 5.32 Å². The first kappa shape index (κ1) is 30.3. The molecule has 5 fully saturated rings. The highest BCUT2D eigenvalue weighted by atomic mass is 16.5. The van der Waals surface area contributed by atoms with Gasteiger partial charge in [0.2, 0.25) is 11.8 Å². The van der Waals surface area contributed by atoms with Gasteiger partial charge < -0.3 is 25.2 Å². The molecule has 0 aromatic heterocycles. The Balaban J connectivity index is 1.21. The Bertz CT molecular complexity index is 1300. The van der Waals surface area contributed by atoms with Gasteiger partial charge in [-0.05, 0) is 90.7 Å². The lowest BCUT2D eigenvalue weighted by Crippen LogP contribution is -2.57. The van der Waals surface area contributed by atoms with Gasteiger partial charge in [-0.2, -0.15) is 0 Å². The lowest BCUT2D eigenvalue weighted by Gasteiger charge is -2.48. The molecule has 1 saturated heterocycles. The highest BCUT2D eigenvalue weighted by Gasteiger charge is 2.75. The minimum Gasteiger partial charge on any atom is -0.504 e. The molecule has 7 unspecified atom stereocenters. The molecule has 236 valence electrons. The molecule has 4 saturated carbocycles. The number of likely N-dealkylation sites (tertiary alicyclic amines) is 1. The molecule has 8 nitrogen and oxygen atoms in total. The zero-order chi connectivity index (χ0) is 30.9. The van der Waals surface area contributed by atoms with E-state index in [1.54, 1.807) is 11.0 Å². The van der Waals surface area contributed by atoms with Crippen molar-refractivity contribution in [3.63, 3.8) is 0 Å². The van der Waals surface area contributed by atoms with Gasteiger partial charge in [0.25, 0.3) is 0 Å². The number of ether oxygens (including phenoxy) is 1. The first-order valence-corrected chi connectivity index (χ1v) is 16.5. The Morgan fingerprint density at radius 1 is 1.00 bits per heavy atom. The highest BCUT2D eigenvalue weighted by molar-refractivity contribution is 5.93. The van der Waals surface area contributed by atoms with Crippen molar-refractivity contribution in [2.75, 3.05) is 6.54 Å². The van der Waals surface area contributed by atoms with Crippen molar-refractivity contribution in [2.24, 2.45) is 33.5 Å². The third kappa shape index (κ3) is 5.01. The number of piperidine rings is 1. The molecule has 1 aromatic carbocycles. The number of nitrogens with one attached hydrogen (secondary N) is 1. The molecule has 2 bridgehead atoms. The molecule has 5 aliphatic rings. The molecule has 0 radical (unpaired) electrons. The number of esters is 1. The van der Waals surface area contributed by atoms with E-state index in [0.29, 0.717) is 18.0 Å². The van der Waals surface area contributed by atoms with Crippen molar-refractivity contribution < 1.29 is 29.3 Å². The minimum atomic E-state index is -0.719. The van der Waals surface area contributed by atoms with E-state index in [9.17, 15) is 24.6 Å². The maximum Gasteiger partial charge on any atom is 0.329 e. The van der Waals surface area contributed by atoms with Crippen molar-refractivity contribution in [3.8, 4) is 11.5 Å². The maximum absolute atomic E-state index is 14.5. The van der Waals surface area contributed by atoms with Gasteiger partial charge in [0.15, 0.2) is 11.5 Å². The van der Waals surface area contributed by atoms with Crippen LogP contribution in [0.25, 0.3) is 0 Å². The number of fused-ring (bicyclic) bond motifs is 3. The molecule has 1 aliphatic heterocycles. The van der Waals surface area contributed by atoms with E-state index in [0.717, 1.165) is 57.8 Å². The number of nitrogens with zero attached hydrogens (tertiary/aromatic N) is 1. The van der Waals surface area contributed by atoms with Crippen LogP contribution in [0.2, 0.25) is 0 Å². The Labute approximate surface area is 255 Å². The van der Waals surface area contributed by atoms with Crippen LogP contribution in [-0.4, -0.2) is 57.6 Å². The van der Waals surface area contributed by atoms with Gasteiger partial charge in [-0.15, -0.1) is 0 Å². The summed E-state index contributed by atoms with van der Waals surface area (Å²) in [7, 11) is 0. The van der Waals surface area contributed by atoms with Crippen LogP contribution in [0.15, 0.2) is 18.2 Å². The van der Waals surface area contributed by atoms with Crippen LogP contribution in [0.4, 0.5) is 0 Å². The van der Waals surface area contributed by atoms with Crippen molar-refractivity contribution in [3.05, 3.63) is 23.8 Å². The van der Waals surface area contributed by atoms with Crippen molar-refractivity contribution >= 4 is 17.8 Å². The fraction of sp³-hybridized carbons (Fsp3) is 0.743. The van der Waals surface area contributed by atoms with Gasteiger partial charge in [-0.1, -0.05) is 59.9 Å². The number of hydrogen-bond donors (Lipinski definition) is 3. The smallest absolute Gasteiger partial charge is 0.329 e. The number of hydrogen-bond acceptors (Lipinski definition) is 6. The molecule has 6 rings (SSSR count). The fourth-order valence-corrected chi connectivity index (χ4v) is 9.62. The number of benzene rings is 1. The minimum absolute atomic E-state index is 0.00350. The van der Waals surface area contributed by atoms with E-state index in [1.807, 2.05) is 0 Å². The SMILES string of the molecule is CC12CCC(CC(OC(=O)C3N(C(=O)C(NC(=O)Cc4ccc(O)c(O)c4)C4CCCCC4)CC4(C)CC34C)C1)C2(C)C. The summed E-state index contributed by atoms with van der Waals surface area (Å²) in [5, 5.41) is 22.6. The van der Waals surface area contributed by atoms with Crippen molar-refractivity contribution in [1.82, 2.24) is 10.2 Å². The van der Waals surface area contributed by atoms with Gasteiger partial charge in [0.1, 0.15) is 18.2 Å². The van der Waals surface area contributed by atoms with Gasteiger partial charge in [-0.3, -0.25) is 9.59 Å². The Morgan fingerprint density at radius 3 is 2.40 bits per heavy atom. The number of carbonyl (C=O) groups is 3. The molecule has 3 N–H and O–H groups in total. The number of carbonyl (C=O) groups excluding carboxylic acids is 3. The monoisotopic (exact) mass is 594 g/mol. The third-order valence-corrected chi connectivity index (χ3v) is 13.2. The lowest BCUT2D eigenvalue weighted by molar-refractivity contribution is -0.168. The normalized spacial score (nSPS) is 37.0. The standard InChI is InChI=1S/C35H50N2O6/c1-32(2)23-13-14-33(32,3)18-24(17-23)43-31(42)29-35(5)19-34(35,4)20-37(29)30(41)28(22-9-7-6-8-10-22)36-27(40)16-21-11-12-25(38)26(39)15-21/h11-12,15,22-24,28-29,38-39H,6-10,13-14,16-20H2,1-5H3,(H,36,40). The second-order valence-electron chi connectivity index (χ2n) is 16.0. The van der Waals surface area contributed by atoms with Crippen LogP contribution in [0.1, 0.15) is 104 Å². The van der Waals surface area contributed by atoms with Crippen LogP contribution in [0.5, 0.6) is 11.5 Å². The van der Waals surface area contributed by atoms with Gasteiger partial charge in [0, 0.05) is 12.0 Å². The summed E-state index contributed by atoms with van der Waals surface area (Å²) >= 11 is 0. The average Bonchev–Trinajstić information content (AvgIpc) is 3.39. The average molecular weight is 595 g/mol. The number of phenolic OH excluding ortho intramolecular Hbond substituents is 2. The third-order valence-electron chi connectivity index (χ3n) is 13.2. The first-order valence-electron chi connectivity index (χ1n) is 16.5. The lowest BCUT2D eigenvalue weighted by atomic mass is 9.58. The van der Waals surface area contributed by atoms with E-state index in [1.165, 1.54) is 18.6 Å². The van der Waals surface area contributed by atoms with E-state index in [-0.39, 0.29) is 69.4 Å². The number of amides is 2. The number of rotatable bonds is 7. The summed E-state index contributed by atoms with van der Waals surface area (Å²) in [5.41, 5.74) is 0.452. The Hall–Kier alpha value is -2.77. The molecule has 4 aliphatic carbocycles. The predicted octanol–water partition coefficient (Wildman–Crippen LogP) is 5.48. The van der Waals surface area contributed by atoms with Gasteiger partial charge >= 0.3 is 5.97 Å². The molecule has 2 amide bonds. The number of aromatic hydroxyl groups is 2. The summed E-state index contributed by atoms with van der Waals surface area (Å²) in [6.45, 7) is 11.8. The van der Waals surface area contributed by atoms with Crippen LogP contribution in [-0.2, 0) is 25.5 Å². The van der Waals surface area contributed by atoms with E-state index < -0.39 is 12.1 Å². The second kappa shape index (κ2) is 10.4. The zero-order valence-electron chi connectivity index (χ0n) is 26.6. The molecule has 1 heterocycles. The first-order chi connectivity index (χ1) is 20.2. The van der Waals surface area contributed by atoms with E-state index >= 15 is 0 Å². The second-order valence-corrected chi connectivity index (χ2v) is 16.0. The molecule has 8 heteroatoms. The quantitative estimate of drug-likeness (QED) is 0.284. The Kier molecular flexibility index (Phi) is 7.32. The highest BCUT2D eigenvalue weighted by Crippen LogP contribution is 2.71. The van der Waals surface area contributed by atoms with Crippen LogP contribution in [0.3, 0.4) is 0 Å². The van der Waals surface area contributed by atoms with Crippen LogP contribution in [0, 0.1) is 33.5 Å². The maximum atomic E-state index is 14.5. The topological polar surface area (TPSA) is 116 Å². The summed E-state index contributed by atoms with van der Waals surface area (Å²) in [5.74, 6) is -0.764. The van der Waals surface area contributed by atoms with E-state index in [2.05, 4.69) is 39.9 Å². The summed E-state index contributed by atoms with van der Waals surface area (Å²) in [6, 6.07) is 2.94. The van der Waals surface area contributed by atoms with E-state index in [4.69, 9.17) is 4.74 Å². The van der Waals surface area contributed by atoms with Crippen molar-refractivity contribution in [2.45, 2.75) is 123 Å².